The van der Waals surface area contributed by atoms with Crippen molar-refractivity contribution in [2.75, 3.05) is 7.05 Å². The fourth-order valence-corrected chi connectivity index (χ4v) is 2.89. The number of aromatic nitrogens is 1. The number of nitrogens with zero attached hydrogens (tertiary/aromatic N) is 2. The van der Waals surface area contributed by atoms with Crippen LogP contribution in [0, 0.1) is 12.8 Å². The van der Waals surface area contributed by atoms with Crippen LogP contribution in [0.25, 0.3) is 0 Å². The Morgan fingerprint density at radius 3 is 2.89 bits per heavy atom. The number of rotatable bonds is 3. The highest BCUT2D eigenvalue weighted by Crippen LogP contribution is 2.28. The van der Waals surface area contributed by atoms with Crippen molar-refractivity contribution in [3.8, 4) is 5.75 Å². The van der Waals surface area contributed by atoms with E-state index in [1.54, 1.807) is 6.07 Å². The topological polar surface area (TPSA) is 36.4 Å². The van der Waals surface area contributed by atoms with Crippen molar-refractivity contribution in [3.05, 3.63) is 23.5 Å². The van der Waals surface area contributed by atoms with Gasteiger partial charge in [0.1, 0.15) is 5.75 Å². The fraction of sp³-hybridized carbons (Fsp3) is 0.667. The molecule has 1 N–H and O–H groups in total. The molecule has 1 aliphatic rings. The molecule has 1 aliphatic carbocycles. The van der Waals surface area contributed by atoms with E-state index < -0.39 is 0 Å². The first-order valence-electron chi connectivity index (χ1n) is 6.92. The predicted octanol–water partition coefficient (Wildman–Crippen LogP) is 3.11. The second-order valence-electron chi connectivity index (χ2n) is 5.76. The van der Waals surface area contributed by atoms with Crippen LogP contribution in [0.3, 0.4) is 0 Å². The van der Waals surface area contributed by atoms with Crippen molar-refractivity contribution < 1.29 is 5.11 Å². The third-order valence-electron chi connectivity index (χ3n) is 4.02. The summed E-state index contributed by atoms with van der Waals surface area (Å²) < 4.78 is 0. The summed E-state index contributed by atoms with van der Waals surface area (Å²) in [5, 5.41) is 9.85. The van der Waals surface area contributed by atoms with Gasteiger partial charge >= 0.3 is 0 Å². The molecule has 2 rings (SSSR count). The zero-order valence-electron chi connectivity index (χ0n) is 11.7. The standard InChI is InChI=1S/C15H24N2O/c1-11-5-4-6-13(9-11)17(3)10-14-15(18)8-7-12(2)16-14/h7-8,11,13,18H,4-6,9-10H2,1-3H3. The van der Waals surface area contributed by atoms with E-state index >= 15 is 0 Å². The van der Waals surface area contributed by atoms with Crippen molar-refractivity contribution >= 4 is 0 Å². The molecule has 0 bridgehead atoms. The van der Waals surface area contributed by atoms with Gasteiger partial charge in [0.15, 0.2) is 0 Å². The zero-order valence-corrected chi connectivity index (χ0v) is 11.7. The molecule has 100 valence electrons. The largest absolute Gasteiger partial charge is 0.506 e. The van der Waals surface area contributed by atoms with E-state index in [9.17, 15) is 5.11 Å². The molecule has 1 heterocycles. The molecule has 0 radical (unpaired) electrons. The molecule has 3 nitrogen and oxygen atoms in total. The molecule has 0 saturated heterocycles. The van der Waals surface area contributed by atoms with Crippen LogP contribution < -0.4 is 0 Å². The Kier molecular flexibility index (Phi) is 4.23. The van der Waals surface area contributed by atoms with Crippen molar-refractivity contribution in [1.29, 1.82) is 0 Å². The zero-order chi connectivity index (χ0) is 13.1. The van der Waals surface area contributed by atoms with Crippen molar-refractivity contribution in [2.24, 2.45) is 5.92 Å². The van der Waals surface area contributed by atoms with Crippen molar-refractivity contribution in [1.82, 2.24) is 9.88 Å². The van der Waals surface area contributed by atoms with Gasteiger partial charge in [-0.2, -0.15) is 0 Å². The predicted molar refractivity (Wildman–Crippen MR) is 73.5 cm³/mol. The number of aryl methyl sites for hydroxylation is 1. The van der Waals surface area contributed by atoms with Crippen LogP contribution >= 0.6 is 0 Å². The molecule has 0 aromatic carbocycles. The number of hydrogen-bond donors (Lipinski definition) is 1. The van der Waals surface area contributed by atoms with Crippen LogP contribution in [0.2, 0.25) is 0 Å². The van der Waals surface area contributed by atoms with E-state index in [1.165, 1.54) is 25.7 Å². The minimum Gasteiger partial charge on any atom is -0.506 e. The third-order valence-corrected chi connectivity index (χ3v) is 4.02. The Morgan fingerprint density at radius 2 is 2.17 bits per heavy atom. The van der Waals surface area contributed by atoms with Crippen LogP contribution in [-0.4, -0.2) is 28.1 Å². The molecule has 1 saturated carbocycles. The average Bonchev–Trinajstić information content (AvgIpc) is 2.34. The van der Waals surface area contributed by atoms with Crippen molar-refractivity contribution in [3.63, 3.8) is 0 Å². The van der Waals surface area contributed by atoms with Gasteiger partial charge in [-0.15, -0.1) is 0 Å². The van der Waals surface area contributed by atoms with E-state index in [4.69, 9.17) is 0 Å². The summed E-state index contributed by atoms with van der Waals surface area (Å²) in [5.41, 5.74) is 1.77. The summed E-state index contributed by atoms with van der Waals surface area (Å²) in [4.78, 5) is 6.78. The molecular formula is C15H24N2O. The smallest absolute Gasteiger partial charge is 0.138 e. The van der Waals surface area contributed by atoms with Gasteiger partial charge < -0.3 is 5.11 Å². The maximum atomic E-state index is 9.85. The van der Waals surface area contributed by atoms with E-state index in [-0.39, 0.29) is 0 Å². The lowest BCUT2D eigenvalue weighted by Gasteiger charge is -2.34. The van der Waals surface area contributed by atoms with Gasteiger partial charge in [-0.25, -0.2) is 0 Å². The van der Waals surface area contributed by atoms with Crippen LogP contribution in [0.5, 0.6) is 5.75 Å². The molecule has 0 aliphatic heterocycles. The highest BCUT2D eigenvalue weighted by Gasteiger charge is 2.23. The second kappa shape index (κ2) is 5.70. The van der Waals surface area contributed by atoms with Gasteiger partial charge in [-0.05, 0) is 44.9 Å². The molecule has 1 fully saturated rings. The number of hydrogen-bond acceptors (Lipinski definition) is 3. The Labute approximate surface area is 110 Å². The van der Waals surface area contributed by atoms with Crippen LogP contribution in [0.15, 0.2) is 12.1 Å². The SMILES string of the molecule is Cc1ccc(O)c(CN(C)C2CCCC(C)C2)n1. The average molecular weight is 248 g/mol. The van der Waals surface area contributed by atoms with Crippen LogP contribution in [0.1, 0.15) is 44.0 Å². The molecule has 3 heteroatoms. The van der Waals surface area contributed by atoms with E-state index in [0.29, 0.717) is 11.8 Å². The minimum absolute atomic E-state index is 0.316. The lowest BCUT2D eigenvalue weighted by atomic mass is 9.86. The molecule has 0 amide bonds. The van der Waals surface area contributed by atoms with E-state index in [1.807, 2.05) is 13.0 Å². The fourth-order valence-electron chi connectivity index (χ4n) is 2.89. The highest BCUT2D eigenvalue weighted by atomic mass is 16.3. The molecular weight excluding hydrogens is 224 g/mol. The maximum absolute atomic E-state index is 9.85. The quantitative estimate of drug-likeness (QED) is 0.893. The maximum Gasteiger partial charge on any atom is 0.138 e. The van der Waals surface area contributed by atoms with Crippen LogP contribution in [0.4, 0.5) is 0 Å². The lowest BCUT2D eigenvalue weighted by molar-refractivity contribution is 0.155. The second-order valence-corrected chi connectivity index (χ2v) is 5.76. The molecule has 1 aromatic heterocycles. The first-order valence-corrected chi connectivity index (χ1v) is 6.92. The van der Waals surface area contributed by atoms with Gasteiger partial charge in [-0.3, -0.25) is 9.88 Å². The molecule has 2 unspecified atom stereocenters. The molecule has 18 heavy (non-hydrogen) atoms. The van der Waals surface area contributed by atoms with E-state index in [0.717, 1.165) is 23.9 Å². The number of pyridine rings is 1. The summed E-state index contributed by atoms with van der Waals surface area (Å²) in [6, 6.07) is 4.23. The summed E-state index contributed by atoms with van der Waals surface area (Å²) in [6.45, 7) is 5.04. The summed E-state index contributed by atoms with van der Waals surface area (Å²) in [7, 11) is 2.14. The number of aromatic hydroxyl groups is 1. The van der Waals surface area contributed by atoms with E-state index in [2.05, 4.69) is 23.9 Å². The van der Waals surface area contributed by atoms with Gasteiger partial charge in [0.05, 0.1) is 5.69 Å². The lowest BCUT2D eigenvalue weighted by Crippen LogP contribution is -2.35. The summed E-state index contributed by atoms with van der Waals surface area (Å²) >= 11 is 0. The van der Waals surface area contributed by atoms with Gasteiger partial charge in [0.2, 0.25) is 0 Å². The Bertz CT molecular complexity index is 405. The summed E-state index contributed by atoms with van der Waals surface area (Å²) in [5.74, 6) is 1.14. The minimum atomic E-state index is 0.316. The van der Waals surface area contributed by atoms with Crippen LogP contribution in [-0.2, 0) is 6.54 Å². The monoisotopic (exact) mass is 248 g/mol. The molecule has 0 spiro atoms. The first kappa shape index (κ1) is 13.3. The normalized spacial score (nSPS) is 24.4. The Morgan fingerprint density at radius 1 is 1.39 bits per heavy atom. The Hall–Kier alpha value is -1.09. The highest BCUT2D eigenvalue weighted by molar-refractivity contribution is 5.27. The van der Waals surface area contributed by atoms with Crippen molar-refractivity contribution in [2.45, 2.75) is 52.1 Å². The first-order chi connectivity index (χ1) is 8.56. The third kappa shape index (κ3) is 3.22. The summed E-state index contributed by atoms with van der Waals surface area (Å²) in [6.07, 6.45) is 5.22. The Balaban J connectivity index is 2.01. The molecule has 2 atom stereocenters. The van der Waals surface area contributed by atoms with Gasteiger partial charge in [0.25, 0.3) is 0 Å². The molecule has 1 aromatic rings. The van der Waals surface area contributed by atoms with Gasteiger partial charge in [0, 0.05) is 18.3 Å². The van der Waals surface area contributed by atoms with Gasteiger partial charge in [-0.1, -0.05) is 19.8 Å².